The zero-order valence-electron chi connectivity index (χ0n) is 5.41. The third-order valence-corrected chi connectivity index (χ3v) is 2.65. The molecule has 0 radical (unpaired) electrons. The highest BCUT2D eigenvalue weighted by Gasteiger charge is 2.04. The lowest BCUT2D eigenvalue weighted by atomic mass is 10.9. The van der Waals surface area contributed by atoms with Crippen LogP contribution in [-0.2, 0) is 0 Å². The summed E-state index contributed by atoms with van der Waals surface area (Å²) >= 11 is 0. The summed E-state index contributed by atoms with van der Waals surface area (Å²) in [6.45, 7) is 0. The zero-order chi connectivity index (χ0) is 7.82. The van der Waals surface area contributed by atoms with Crippen molar-refractivity contribution in [1.29, 1.82) is 15.8 Å². The summed E-state index contributed by atoms with van der Waals surface area (Å²) in [6.07, 6.45) is 1.11. The van der Waals surface area contributed by atoms with Crippen molar-refractivity contribution in [2.45, 2.75) is 0 Å². The molecule has 0 aromatic rings. The first-order valence-corrected chi connectivity index (χ1v) is 4.58. The Morgan fingerprint density at radius 3 is 1.30 bits per heavy atom. The van der Waals surface area contributed by atoms with Crippen LogP contribution in [0.2, 0.25) is 0 Å². The van der Waals surface area contributed by atoms with Gasteiger partial charge in [0.15, 0.2) is 0 Å². The molecule has 10 heavy (non-hydrogen) atoms. The molecule has 0 atom stereocenters. The van der Waals surface area contributed by atoms with Gasteiger partial charge in [-0.3, -0.25) is 0 Å². The van der Waals surface area contributed by atoms with E-state index in [-0.39, 0.29) is 0 Å². The lowest BCUT2D eigenvalue weighted by Crippen LogP contribution is -1.88. The average Bonchev–Trinajstić information content (AvgIpc) is 1.90. The maximum absolute atomic E-state index is 8.24. The smallest absolute Gasteiger partial charge is 0.0669 e. The van der Waals surface area contributed by atoms with Crippen LogP contribution in [0.1, 0.15) is 0 Å². The van der Waals surface area contributed by atoms with Gasteiger partial charge in [-0.15, -0.1) is 0 Å². The summed E-state index contributed by atoms with van der Waals surface area (Å²) in [5.41, 5.74) is 0. The van der Waals surface area contributed by atoms with Crippen molar-refractivity contribution >= 4 is 7.92 Å². The van der Waals surface area contributed by atoms with Gasteiger partial charge in [0.1, 0.15) is 0 Å². The highest BCUT2D eigenvalue weighted by atomic mass is 31.1. The first-order chi connectivity index (χ1) is 4.85. The minimum Gasteiger partial charge on any atom is -0.198 e. The highest BCUT2D eigenvalue weighted by molar-refractivity contribution is 7.58. The van der Waals surface area contributed by atoms with Gasteiger partial charge in [0.2, 0.25) is 0 Å². The Labute approximate surface area is 61.2 Å². The second-order valence-corrected chi connectivity index (χ2v) is 3.91. The first kappa shape index (κ1) is 8.90. The van der Waals surface area contributed by atoms with Gasteiger partial charge in [0, 0.05) is 0 Å². The summed E-state index contributed by atoms with van der Waals surface area (Å²) in [6, 6.07) is 5.89. The van der Waals surface area contributed by atoms with E-state index in [0.29, 0.717) is 18.5 Å². The lowest BCUT2D eigenvalue weighted by molar-refractivity contribution is 1.44. The average molecular weight is 151 g/mol. The lowest BCUT2D eigenvalue weighted by Gasteiger charge is -2.01. The summed E-state index contributed by atoms with van der Waals surface area (Å²) in [5, 5.41) is 24.7. The summed E-state index contributed by atoms with van der Waals surface area (Å²) in [7, 11) is -0.644. The van der Waals surface area contributed by atoms with Crippen LogP contribution < -0.4 is 0 Å². The Balaban J connectivity index is 3.68. The van der Waals surface area contributed by atoms with Gasteiger partial charge < -0.3 is 0 Å². The molecule has 0 fully saturated rings. The van der Waals surface area contributed by atoms with Crippen molar-refractivity contribution in [2.75, 3.05) is 18.5 Å². The molecule has 0 saturated heterocycles. The topological polar surface area (TPSA) is 71.4 Å². The fourth-order valence-electron chi connectivity index (χ4n) is 0.468. The van der Waals surface area contributed by atoms with Crippen molar-refractivity contribution in [2.24, 2.45) is 0 Å². The van der Waals surface area contributed by atoms with E-state index in [9.17, 15) is 0 Å². The predicted octanol–water partition coefficient (Wildman–Crippen LogP) is 1.04. The Bertz CT molecular complexity index is 166. The second-order valence-electron chi connectivity index (χ2n) is 1.62. The van der Waals surface area contributed by atoms with Crippen LogP contribution >= 0.6 is 7.92 Å². The van der Waals surface area contributed by atoms with E-state index in [1.807, 2.05) is 18.2 Å². The molecule has 4 heteroatoms. The van der Waals surface area contributed by atoms with Gasteiger partial charge in [-0.05, 0) is 0 Å². The summed E-state index contributed by atoms with van der Waals surface area (Å²) in [4.78, 5) is 0. The Morgan fingerprint density at radius 1 is 0.800 bits per heavy atom. The quantitative estimate of drug-likeness (QED) is 0.565. The van der Waals surface area contributed by atoms with E-state index in [2.05, 4.69) is 0 Å². The SMILES string of the molecule is N#CCP(CC#N)CC#N. The van der Waals surface area contributed by atoms with Crippen molar-refractivity contribution in [3.05, 3.63) is 0 Å². The van der Waals surface area contributed by atoms with Crippen LogP contribution in [-0.4, -0.2) is 18.5 Å². The molecular formula is C6H6N3P. The fourth-order valence-corrected chi connectivity index (χ4v) is 1.40. The van der Waals surface area contributed by atoms with E-state index >= 15 is 0 Å². The molecular weight excluding hydrogens is 145 g/mol. The third kappa shape index (κ3) is 3.85. The maximum atomic E-state index is 8.24. The molecule has 0 rings (SSSR count). The summed E-state index contributed by atoms with van der Waals surface area (Å²) < 4.78 is 0. The van der Waals surface area contributed by atoms with E-state index in [1.54, 1.807) is 0 Å². The number of hydrogen-bond donors (Lipinski definition) is 0. The molecule has 3 nitrogen and oxygen atoms in total. The van der Waals surface area contributed by atoms with Crippen LogP contribution in [0.5, 0.6) is 0 Å². The van der Waals surface area contributed by atoms with Gasteiger partial charge in [-0.25, -0.2) is 0 Å². The molecule has 0 N–H and O–H groups in total. The molecule has 0 aromatic heterocycles. The van der Waals surface area contributed by atoms with Crippen molar-refractivity contribution in [3.8, 4) is 18.2 Å². The van der Waals surface area contributed by atoms with Crippen LogP contribution in [0, 0.1) is 34.0 Å². The van der Waals surface area contributed by atoms with E-state index in [0.717, 1.165) is 0 Å². The molecule has 0 aromatic carbocycles. The van der Waals surface area contributed by atoms with Crippen molar-refractivity contribution in [1.82, 2.24) is 0 Å². The predicted molar refractivity (Wildman–Crippen MR) is 38.4 cm³/mol. The monoisotopic (exact) mass is 151 g/mol. The fraction of sp³-hybridized carbons (Fsp3) is 0.500. The Hall–Kier alpha value is -1.10. The standard InChI is InChI=1S/C6H6N3P/c7-1-4-10(5-2-8)6-3-9/h4-6H2. The minimum absolute atomic E-state index is 0.371. The van der Waals surface area contributed by atoms with Crippen LogP contribution in [0.15, 0.2) is 0 Å². The van der Waals surface area contributed by atoms with E-state index < -0.39 is 7.92 Å². The molecule has 0 bridgehead atoms. The van der Waals surface area contributed by atoms with Gasteiger partial charge in [-0.1, -0.05) is 7.92 Å². The number of hydrogen-bond acceptors (Lipinski definition) is 3. The van der Waals surface area contributed by atoms with Crippen LogP contribution in [0.25, 0.3) is 0 Å². The van der Waals surface area contributed by atoms with Crippen LogP contribution in [0.4, 0.5) is 0 Å². The first-order valence-electron chi connectivity index (χ1n) is 2.68. The number of nitriles is 3. The second kappa shape index (κ2) is 6.03. The number of nitrogens with zero attached hydrogens (tertiary/aromatic N) is 3. The highest BCUT2D eigenvalue weighted by Crippen LogP contribution is 2.32. The van der Waals surface area contributed by atoms with Crippen molar-refractivity contribution in [3.63, 3.8) is 0 Å². The molecule has 0 aliphatic heterocycles. The maximum Gasteiger partial charge on any atom is 0.0669 e. The van der Waals surface area contributed by atoms with Gasteiger partial charge >= 0.3 is 0 Å². The largest absolute Gasteiger partial charge is 0.198 e. The number of rotatable bonds is 3. The molecule has 0 aliphatic rings. The third-order valence-electron chi connectivity index (χ3n) is 0.883. The van der Waals surface area contributed by atoms with Gasteiger partial charge in [-0.2, -0.15) is 15.8 Å². The molecule has 0 amide bonds. The molecule has 0 spiro atoms. The van der Waals surface area contributed by atoms with Crippen molar-refractivity contribution < 1.29 is 0 Å². The molecule has 0 aliphatic carbocycles. The van der Waals surface area contributed by atoms with Gasteiger partial charge in [0.05, 0.1) is 36.7 Å². The summed E-state index contributed by atoms with van der Waals surface area (Å²) in [5.74, 6) is 0. The Morgan fingerprint density at radius 2 is 1.10 bits per heavy atom. The molecule has 50 valence electrons. The van der Waals surface area contributed by atoms with Gasteiger partial charge in [0.25, 0.3) is 0 Å². The molecule has 0 unspecified atom stereocenters. The van der Waals surface area contributed by atoms with E-state index in [1.165, 1.54) is 0 Å². The molecule has 0 saturated carbocycles. The van der Waals surface area contributed by atoms with E-state index in [4.69, 9.17) is 15.8 Å². The molecule has 0 heterocycles. The normalized spacial score (nSPS) is 7.80. The Kier molecular flexibility index (Phi) is 5.36. The minimum atomic E-state index is -0.644. The zero-order valence-corrected chi connectivity index (χ0v) is 6.30. The van der Waals surface area contributed by atoms with Crippen LogP contribution in [0.3, 0.4) is 0 Å².